The minimum Gasteiger partial charge on any atom is -0.497 e. The highest BCUT2D eigenvalue weighted by Gasteiger charge is 2.31. The van der Waals surface area contributed by atoms with Gasteiger partial charge in [0.2, 0.25) is 10.0 Å². The molecule has 0 radical (unpaired) electrons. The zero-order valence-corrected chi connectivity index (χ0v) is 13.7. The van der Waals surface area contributed by atoms with Gasteiger partial charge < -0.3 is 4.74 Å². The highest BCUT2D eigenvalue weighted by molar-refractivity contribution is 7.89. The molecule has 1 atom stereocenters. The molecule has 2 heterocycles. The lowest BCUT2D eigenvalue weighted by atomic mass is 9.96. The lowest BCUT2D eigenvalue weighted by Crippen LogP contribution is -2.39. The summed E-state index contributed by atoms with van der Waals surface area (Å²) in [7, 11) is -2.00. The first-order valence-electron chi connectivity index (χ1n) is 7.51. The smallest absolute Gasteiger partial charge is 0.243 e. The van der Waals surface area contributed by atoms with Gasteiger partial charge in [-0.2, -0.15) is 4.31 Å². The zero-order valence-electron chi connectivity index (χ0n) is 12.9. The zero-order chi connectivity index (χ0) is 16.3. The number of ether oxygens (including phenoxy) is 1. The van der Waals surface area contributed by atoms with E-state index >= 15 is 0 Å². The third-order valence-electron chi connectivity index (χ3n) is 4.09. The standard InChI is InChI=1S/C16H19N3O3S/c1-22-14-5-2-6-15(10-14)23(20,21)19-9-3-4-13(11-19)16-7-8-17-12-18-16/h2,5-8,10,12-13H,3-4,9,11H2,1H3/t13-/m0/s1. The average Bonchev–Trinajstić information content (AvgIpc) is 2.62. The summed E-state index contributed by atoms with van der Waals surface area (Å²) >= 11 is 0. The molecule has 23 heavy (non-hydrogen) atoms. The van der Waals surface area contributed by atoms with Crippen molar-refractivity contribution < 1.29 is 13.2 Å². The summed E-state index contributed by atoms with van der Waals surface area (Å²) in [5, 5.41) is 0. The van der Waals surface area contributed by atoms with E-state index in [1.807, 2.05) is 6.07 Å². The van der Waals surface area contributed by atoms with Gasteiger partial charge >= 0.3 is 0 Å². The van der Waals surface area contributed by atoms with Crippen molar-refractivity contribution >= 4 is 10.0 Å². The molecule has 1 fully saturated rings. The minimum atomic E-state index is -3.53. The molecule has 0 unspecified atom stereocenters. The van der Waals surface area contributed by atoms with Gasteiger partial charge in [0, 0.05) is 37.0 Å². The van der Waals surface area contributed by atoms with Gasteiger partial charge in [0.05, 0.1) is 12.0 Å². The van der Waals surface area contributed by atoms with Crippen LogP contribution in [0, 0.1) is 0 Å². The van der Waals surface area contributed by atoms with E-state index in [0.717, 1.165) is 18.5 Å². The van der Waals surface area contributed by atoms with Crippen LogP contribution in [0.5, 0.6) is 5.75 Å². The van der Waals surface area contributed by atoms with E-state index in [1.165, 1.54) is 17.7 Å². The van der Waals surface area contributed by atoms with Gasteiger partial charge in [-0.15, -0.1) is 0 Å². The second-order valence-electron chi connectivity index (χ2n) is 5.52. The van der Waals surface area contributed by atoms with E-state index < -0.39 is 10.0 Å². The fourth-order valence-corrected chi connectivity index (χ4v) is 4.41. The minimum absolute atomic E-state index is 0.104. The van der Waals surface area contributed by atoms with Crippen LogP contribution in [0.4, 0.5) is 0 Å². The Labute approximate surface area is 136 Å². The summed E-state index contributed by atoms with van der Waals surface area (Å²) < 4.78 is 32.4. The maximum atomic E-state index is 12.9. The molecular formula is C16H19N3O3S. The lowest BCUT2D eigenvalue weighted by molar-refractivity contribution is 0.312. The SMILES string of the molecule is COc1cccc(S(=O)(=O)N2CCC[C@H](c3ccncn3)C2)c1. The van der Waals surface area contributed by atoms with Crippen LogP contribution in [0.3, 0.4) is 0 Å². The molecule has 1 aliphatic rings. The first-order chi connectivity index (χ1) is 11.1. The Bertz CT molecular complexity index is 765. The number of piperidine rings is 1. The molecular weight excluding hydrogens is 314 g/mol. The van der Waals surface area contributed by atoms with Crippen LogP contribution in [0.2, 0.25) is 0 Å². The number of hydrogen-bond acceptors (Lipinski definition) is 5. The van der Waals surface area contributed by atoms with Crippen LogP contribution in [-0.4, -0.2) is 42.9 Å². The number of benzene rings is 1. The van der Waals surface area contributed by atoms with Gasteiger partial charge in [0.15, 0.2) is 0 Å². The van der Waals surface area contributed by atoms with Crippen molar-refractivity contribution in [2.75, 3.05) is 20.2 Å². The van der Waals surface area contributed by atoms with E-state index in [0.29, 0.717) is 18.8 Å². The van der Waals surface area contributed by atoms with Crippen molar-refractivity contribution in [3.8, 4) is 5.75 Å². The van der Waals surface area contributed by atoms with Crippen LogP contribution >= 0.6 is 0 Å². The Balaban J connectivity index is 1.85. The van der Waals surface area contributed by atoms with Gasteiger partial charge in [0.1, 0.15) is 12.1 Å². The van der Waals surface area contributed by atoms with Crippen molar-refractivity contribution in [3.63, 3.8) is 0 Å². The van der Waals surface area contributed by atoms with Crippen LogP contribution < -0.4 is 4.74 Å². The summed E-state index contributed by atoms with van der Waals surface area (Å²) in [4.78, 5) is 8.45. The van der Waals surface area contributed by atoms with Crippen LogP contribution in [0.1, 0.15) is 24.5 Å². The molecule has 1 aromatic carbocycles. The molecule has 2 aromatic rings. The van der Waals surface area contributed by atoms with Gasteiger partial charge in [0.25, 0.3) is 0 Å². The van der Waals surface area contributed by atoms with Gasteiger partial charge in [-0.25, -0.2) is 18.4 Å². The number of hydrogen-bond donors (Lipinski definition) is 0. The monoisotopic (exact) mass is 333 g/mol. The third-order valence-corrected chi connectivity index (χ3v) is 5.95. The normalized spacial score (nSPS) is 19.4. The van der Waals surface area contributed by atoms with Crippen LogP contribution in [-0.2, 0) is 10.0 Å². The summed E-state index contributed by atoms with van der Waals surface area (Å²) in [5.41, 5.74) is 0.894. The molecule has 122 valence electrons. The summed E-state index contributed by atoms with van der Waals surface area (Å²) in [6.45, 7) is 0.970. The van der Waals surface area contributed by atoms with Crippen molar-refractivity contribution in [2.24, 2.45) is 0 Å². The highest BCUT2D eigenvalue weighted by Crippen LogP contribution is 2.29. The van der Waals surface area contributed by atoms with Gasteiger partial charge in [-0.3, -0.25) is 0 Å². The second kappa shape index (κ2) is 6.64. The molecule has 1 saturated heterocycles. The van der Waals surface area contributed by atoms with Crippen LogP contribution in [0.15, 0.2) is 47.8 Å². The van der Waals surface area contributed by atoms with Crippen molar-refractivity contribution in [1.82, 2.24) is 14.3 Å². The summed E-state index contributed by atoms with van der Waals surface area (Å²) in [5.74, 6) is 0.641. The third kappa shape index (κ3) is 3.35. The molecule has 0 spiro atoms. The Morgan fingerprint density at radius 2 is 2.17 bits per heavy atom. The van der Waals surface area contributed by atoms with Crippen molar-refractivity contribution in [2.45, 2.75) is 23.7 Å². The first-order valence-corrected chi connectivity index (χ1v) is 8.95. The molecule has 0 bridgehead atoms. The van der Waals surface area contributed by atoms with E-state index in [4.69, 9.17) is 4.74 Å². The molecule has 0 aliphatic carbocycles. The first kappa shape index (κ1) is 15.9. The van der Waals surface area contributed by atoms with Crippen molar-refractivity contribution in [1.29, 1.82) is 0 Å². The predicted molar refractivity (Wildman–Crippen MR) is 85.8 cm³/mol. The highest BCUT2D eigenvalue weighted by atomic mass is 32.2. The maximum Gasteiger partial charge on any atom is 0.243 e. The average molecular weight is 333 g/mol. The maximum absolute atomic E-state index is 12.9. The van der Waals surface area contributed by atoms with Crippen LogP contribution in [0.25, 0.3) is 0 Å². The van der Waals surface area contributed by atoms with E-state index in [2.05, 4.69) is 9.97 Å². The molecule has 0 saturated carbocycles. The summed E-state index contributed by atoms with van der Waals surface area (Å²) in [6.07, 6.45) is 4.95. The van der Waals surface area contributed by atoms with E-state index in [-0.39, 0.29) is 10.8 Å². The molecule has 1 aliphatic heterocycles. The topological polar surface area (TPSA) is 72.4 Å². The Morgan fingerprint density at radius 1 is 1.30 bits per heavy atom. The molecule has 0 N–H and O–H groups in total. The number of sulfonamides is 1. The Morgan fingerprint density at radius 3 is 2.91 bits per heavy atom. The quantitative estimate of drug-likeness (QED) is 0.856. The summed E-state index contributed by atoms with van der Waals surface area (Å²) in [6, 6.07) is 8.44. The predicted octanol–water partition coefficient (Wildman–Crippen LogP) is 2.05. The van der Waals surface area contributed by atoms with Gasteiger partial charge in [-0.1, -0.05) is 6.07 Å². The fourth-order valence-electron chi connectivity index (χ4n) is 2.86. The van der Waals surface area contributed by atoms with E-state index in [9.17, 15) is 8.42 Å². The van der Waals surface area contributed by atoms with E-state index in [1.54, 1.807) is 30.5 Å². The second-order valence-corrected chi connectivity index (χ2v) is 7.45. The van der Waals surface area contributed by atoms with Gasteiger partial charge in [-0.05, 0) is 31.0 Å². The Kier molecular flexibility index (Phi) is 4.58. The number of nitrogens with zero attached hydrogens (tertiary/aromatic N) is 3. The molecule has 7 heteroatoms. The number of aromatic nitrogens is 2. The molecule has 6 nitrogen and oxygen atoms in total. The lowest BCUT2D eigenvalue weighted by Gasteiger charge is -2.31. The molecule has 0 amide bonds. The molecule has 3 rings (SSSR count). The van der Waals surface area contributed by atoms with Crippen molar-refractivity contribution in [3.05, 3.63) is 48.5 Å². The number of methoxy groups -OCH3 is 1. The Hall–Kier alpha value is -1.99. The fraction of sp³-hybridized carbons (Fsp3) is 0.375. The number of rotatable bonds is 4. The largest absolute Gasteiger partial charge is 0.497 e. The molecule has 1 aromatic heterocycles.